The van der Waals surface area contributed by atoms with Crippen LogP contribution in [0, 0.1) is 0 Å². The third-order valence-corrected chi connectivity index (χ3v) is 4.88. The molecule has 0 aromatic rings. The predicted octanol–water partition coefficient (Wildman–Crippen LogP) is 5.44. The molecule has 0 aromatic carbocycles. The second-order valence-electron chi connectivity index (χ2n) is 7.51. The molecule has 0 radical (unpaired) electrons. The Labute approximate surface area is 155 Å². The molecule has 0 aliphatic carbocycles. The summed E-state index contributed by atoms with van der Waals surface area (Å²) in [6.07, 6.45) is 17.1. The van der Waals surface area contributed by atoms with Crippen molar-refractivity contribution in [1.82, 2.24) is 0 Å². The van der Waals surface area contributed by atoms with Gasteiger partial charge in [0, 0.05) is 0 Å². The van der Waals surface area contributed by atoms with Crippen molar-refractivity contribution >= 4 is 5.97 Å². The quantitative estimate of drug-likeness (QED) is 0.268. The molecule has 0 fully saturated rings. The van der Waals surface area contributed by atoms with Gasteiger partial charge < -0.3 is 15.3 Å². The summed E-state index contributed by atoms with van der Waals surface area (Å²) in [5.74, 6) is -0.955. The van der Waals surface area contributed by atoms with Crippen molar-refractivity contribution in [3.8, 4) is 0 Å². The van der Waals surface area contributed by atoms with E-state index < -0.39 is 12.1 Å². The number of carboxylic acids is 1. The van der Waals surface area contributed by atoms with Crippen LogP contribution in [-0.4, -0.2) is 33.5 Å². The Morgan fingerprint density at radius 2 is 1.00 bits per heavy atom. The lowest BCUT2D eigenvalue weighted by atomic mass is 10.0. The molecule has 0 aliphatic rings. The smallest absolute Gasteiger partial charge is 0.305 e. The maximum atomic E-state index is 10.4. The molecule has 0 heterocycles. The van der Waals surface area contributed by atoms with E-state index >= 15 is 0 Å². The SMILES string of the molecule is CCCCCCCCCCCCCC(O)CCCCC(O)CC(=O)O. The molecule has 0 aromatic heterocycles. The van der Waals surface area contributed by atoms with Gasteiger partial charge in [0.05, 0.1) is 18.6 Å². The van der Waals surface area contributed by atoms with Crippen molar-refractivity contribution in [2.75, 3.05) is 0 Å². The molecule has 150 valence electrons. The zero-order chi connectivity index (χ0) is 18.8. The molecule has 0 saturated carbocycles. The van der Waals surface area contributed by atoms with Gasteiger partial charge in [0.15, 0.2) is 0 Å². The van der Waals surface area contributed by atoms with Gasteiger partial charge in [0.2, 0.25) is 0 Å². The van der Waals surface area contributed by atoms with Gasteiger partial charge in [-0.1, -0.05) is 90.4 Å². The Morgan fingerprint density at radius 1 is 0.640 bits per heavy atom. The van der Waals surface area contributed by atoms with Crippen LogP contribution in [0.1, 0.15) is 116 Å². The van der Waals surface area contributed by atoms with Crippen LogP contribution in [0.15, 0.2) is 0 Å². The van der Waals surface area contributed by atoms with Crippen LogP contribution in [0.3, 0.4) is 0 Å². The molecular formula is C21H42O4. The molecule has 4 heteroatoms. The van der Waals surface area contributed by atoms with Crippen LogP contribution in [0.2, 0.25) is 0 Å². The van der Waals surface area contributed by atoms with Crippen LogP contribution in [0.4, 0.5) is 0 Å². The van der Waals surface area contributed by atoms with Crippen molar-refractivity contribution in [1.29, 1.82) is 0 Å². The minimum Gasteiger partial charge on any atom is -0.481 e. The van der Waals surface area contributed by atoms with Crippen molar-refractivity contribution < 1.29 is 20.1 Å². The highest BCUT2D eigenvalue weighted by Gasteiger charge is 2.10. The van der Waals surface area contributed by atoms with E-state index in [0.29, 0.717) is 6.42 Å². The average Bonchev–Trinajstić information content (AvgIpc) is 2.56. The molecule has 0 bridgehead atoms. The fraction of sp³-hybridized carbons (Fsp3) is 0.952. The van der Waals surface area contributed by atoms with Gasteiger partial charge in [-0.2, -0.15) is 0 Å². The summed E-state index contributed by atoms with van der Waals surface area (Å²) in [4.78, 5) is 10.4. The normalized spacial score (nSPS) is 13.7. The van der Waals surface area contributed by atoms with Crippen molar-refractivity contribution in [3.05, 3.63) is 0 Å². The summed E-state index contributed by atoms with van der Waals surface area (Å²) in [5, 5.41) is 28.0. The standard InChI is InChI=1S/C21H42O4/c1-2-3-4-5-6-7-8-9-10-11-12-15-19(22)16-13-14-17-20(23)18-21(24)25/h19-20,22-23H,2-18H2,1H3,(H,24,25). The lowest BCUT2D eigenvalue weighted by Crippen LogP contribution is -2.13. The number of hydrogen-bond donors (Lipinski definition) is 3. The molecule has 0 spiro atoms. The third-order valence-electron chi connectivity index (χ3n) is 4.88. The molecule has 0 saturated heterocycles. The number of aliphatic carboxylic acids is 1. The lowest BCUT2D eigenvalue weighted by Gasteiger charge is -2.11. The fourth-order valence-electron chi connectivity index (χ4n) is 3.25. The van der Waals surface area contributed by atoms with Gasteiger partial charge in [0.1, 0.15) is 0 Å². The van der Waals surface area contributed by atoms with E-state index in [2.05, 4.69) is 6.92 Å². The molecule has 3 N–H and O–H groups in total. The van der Waals surface area contributed by atoms with E-state index in [1.54, 1.807) is 0 Å². The number of unbranched alkanes of at least 4 members (excludes halogenated alkanes) is 11. The van der Waals surface area contributed by atoms with E-state index in [9.17, 15) is 15.0 Å². The Bertz CT molecular complexity index is 294. The van der Waals surface area contributed by atoms with Gasteiger partial charge in [0.25, 0.3) is 0 Å². The van der Waals surface area contributed by atoms with Gasteiger partial charge in [-0.05, 0) is 19.3 Å². The molecule has 0 amide bonds. The van der Waals surface area contributed by atoms with Crippen LogP contribution in [0.5, 0.6) is 0 Å². The van der Waals surface area contributed by atoms with E-state index in [1.807, 2.05) is 0 Å². The highest BCUT2D eigenvalue weighted by atomic mass is 16.4. The maximum Gasteiger partial charge on any atom is 0.305 e. The molecule has 2 unspecified atom stereocenters. The molecule has 25 heavy (non-hydrogen) atoms. The summed E-state index contributed by atoms with van der Waals surface area (Å²) in [5.41, 5.74) is 0. The second-order valence-corrected chi connectivity index (χ2v) is 7.51. The summed E-state index contributed by atoms with van der Waals surface area (Å²) >= 11 is 0. The van der Waals surface area contributed by atoms with E-state index in [1.165, 1.54) is 64.2 Å². The molecule has 4 nitrogen and oxygen atoms in total. The Kier molecular flexibility index (Phi) is 17.7. The van der Waals surface area contributed by atoms with Crippen molar-refractivity contribution in [3.63, 3.8) is 0 Å². The summed E-state index contributed by atoms with van der Waals surface area (Å²) in [7, 11) is 0. The number of aliphatic hydroxyl groups is 2. The topological polar surface area (TPSA) is 77.8 Å². The van der Waals surface area contributed by atoms with E-state index in [4.69, 9.17) is 5.11 Å². The molecule has 0 rings (SSSR count). The number of aliphatic hydroxyl groups excluding tert-OH is 2. The number of carboxylic acid groups (broad SMARTS) is 1. The zero-order valence-electron chi connectivity index (χ0n) is 16.4. The number of carbonyl (C=O) groups is 1. The lowest BCUT2D eigenvalue weighted by molar-refractivity contribution is -0.139. The van der Waals surface area contributed by atoms with Crippen molar-refractivity contribution in [2.45, 2.75) is 128 Å². The van der Waals surface area contributed by atoms with Gasteiger partial charge in [-0.25, -0.2) is 0 Å². The highest BCUT2D eigenvalue weighted by molar-refractivity contribution is 5.67. The van der Waals surface area contributed by atoms with Gasteiger partial charge in [-0.3, -0.25) is 4.79 Å². The minimum atomic E-state index is -0.955. The molecule has 2 atom stereocenters. The second kappa shape index (κ2) is 18.2. The van der Waals surface area contributed by atoms with Crippen LogP contribution in [-0.2, 0) is 4.79 Å². The van der Waals surface area contributed by atoms with E-state index in [0.717, 1.165) is 32.1 Å². The largest absolute Gasteiger partial charge is 0.481 e. The minimum absolute atomic E-state index is 0.179. The summed E-state index contributed by atoms with van der Waals surface area (Å²) in [6.45, 7) is 2.25. The van der Waals surface area contributed by atoms with Crippen LogP contribution in [0.25, 0.3) is 0 Å². The first kappa shape index (κ1) is 24.4. The van der Waals surface area contributed by atoms with E-state index in [-0.39, 0.29) is 12.5 Å². The number of hydrogen-bond acceptors (Lipinski definition) is 3. The predicted molar refractivity (Wildman–Crippen MR) is 104 cm³/mol. The van der Waals surface area contributed by atoms with Crippen LogP contribution >= 0.6 is 0 Å². The Hall–Kier alpha value is -0.610. The Morgan fingerprint density at radius 3 is 1.44 bits per heavy atom. The first-order chi connectivity index (χ1) is 12.1. The summed E-state index contributed by atoms with van der Waals surface area (Å²) < 4.78 is 0. The average molecular weight is 359 g/mol. The molecular weight excluding hydrogens is 316 g/mol. The fourth-order valence-corrected chi connectivity index (χ4v) is 3.25. The van der Waals surface area contributed by atoms with Gasteiger partial charge >= 0.3 is 5.97 Å². The number of rotatable bonds is 19. The summed E-state index contributed by atoms with van der Waals surface area (Å²) in [6, 6.07) is 0. The Balaban J connectivity index is 3.25. The van der Waals surface area contributed by atoms with Gasteiger partial charge in [-0.15, -0.1) is 0 Å². The van der Waals surface area contributed by atoms with Crippen LogP contribution < -0.4 is 0 Å². The highest BCUT2D eigenvalue weighted by Crippen LogP contribution is 2.15. The van der Waals surface area contributed by atoms with Crippen molar-refractivity contribution in [2.24, 2.45) is 0 Å². The first-order valence-corrected chi connectivity index (χ1v) is 10.6. The zero-order valence-corrected chi connectivity index (χ0v) is 16.4. The third kappa shape index (κ3) is 19.6. The monoisotopic (exact) mass is 358 g/mol. The molecule has 0 aliphatic heterocycles. The first-order valence-electron chi connectivity index (χ1n) is 10.6. The maximum absolute atomic E-state index is 10.4.